The predicted octanol–water partition coefficient (Wildman–Crippen LogP) is 12.7. The van der Waals surface area contributed by atoms with Gasteiger partial charge >= 0.3 is 6.09 Å². The fourth-order valence-electron chi connectivity index (χ4n) is 5.38. The van der Waals surface area contributed by atoms with Gasteiger partial charge in [-0.1, -0.05) is 140 Å². The average molecular weight is 629 g/mol. The maximum Gasteiger partial charge on any atom is 0.409 e. The first-order valence-corrected chi connectivity index (χ1v) is 19.4. The molecule has 0 bridgehead atoms. The molecule has 0 rings (SSSR count). The van der Waals surface area contributed by atoms with Crippen LogP contribution in [0.4, 0.5) is 4.79 Å². The highest BCUT2D eigenvalue weighted by Crippen LogP contribution is 2.12. The van der Waals surface area contributed by atoms with Crippen molar-refractivity contribution >= 4 is 6.09 Å². The summed E-state index contributed by atoms with van der Waals surface area (Å²) < 4.78 is 5.59. The molecular weight excluding hydrogens is 552 g/mol. The molecular formula is C41H76N2O2. The first-order valence-electron chi connectivity index (χ1n) is 19.4. The zero-order chi connectivity index (χ0) is 32.7. The van der Waals surface area contributed by atoms with E-state index in [1.165, 1.54) is 128 Å². The molecule has 0 saturated carbocycles. The summed E-state index contributed by atoms with van der Waals surface area (Å²) in [6.07, 6.45) is 49.2. The standard InChI is InChI=1S/C41H76N2O2/c1-4-6-8-10-12-14-16-18-20-22-24-26-28-30-32-34-38-43(41(44)45-40-36-37-42-3)39-35-33-31-29-27-25-23-21-19-17-15-13-11-9-7-5-2/h12-15,18-21,42H,4-11,16-17,22-40H2,1-3H3/b14-12-,15-13-,20-18-,21-19-. The minimum Gasteiger partial charge on any atom is -0.449 e. The van der Waals surface area contributed by atoms with E-state index in [-0.39, 0.29) is 6.09 Å². The molecule has 0 atom stereocenters. The fourth-order valence-corrected chi connectivity index (χ4v) is 5.38. The van der Waals surface area contributed by atoms with Crippen molar-refractivity contribution in [2.45, 2.75) is 174 Å². The highest BCUT2D eigenvalue weighted by atomic mass is 16.6. The van der Waals surface area contributed by atoms with Crippen LogP contribution in [0.5, 0.6) is 0 Å². The molecule has 0 aliphatic carbocycles. The Bertz CT molecular complexity index is 664. The van der Waals surface area contributed by atoms with Gasteiger partial charge in [0.05, 0.1) is 6.61 Å². The van der Waals surface area contributed by atoms with E-state index in [4.69, 9.17) is 4.74 Å². The zero-order valence-corrected chi connectivity index (χ0v) is 30.4. The predicted molar refractivity (Wildman–Crippen MR) is 200 cm³/mol. The third-order valence-electron chi connectivity index (χ3n) is 8.31. The summed E-state index contributed by atoms with van der Waals surface area (Å²) in [4.78, 5) is 14.7. The van der Waals surface area contributed by atoms with Crippen LogP contribution in [0.15, 0.2) is 48.6 Å². The summed E-state index contributed by atoms with van der Waals surface area (Å²) in [5.41, 5.74) is 0. The quantitative estimate of drug-likeness (QED) is 0.0569. The van der Waals surface area contributed by atoms with Gasteiger partial charge in [-0.3, -0.25) is 0 Å². The zero-order valence-electron chi connectivity index (χ0n) is 30.4. The molecule has 0 radical (unpaired) electrons. The lowest BCUT2D eigenvalue weighted by molar-refractivity contribution is 0.0997. The number of hydrogen-bond donors (Lipinski definition) is 1. The number of carbonyl (C=O) groups is 1. The molecule has 0 aliphatic heterocycles. The fraction of sp³-hybridized carbons (Fsp3) is 0.780. The maximum atomic E-state index is 12.8. The van der Waals surface area contributed by atoms with Crippen molar-refractivity contribution < 1.29 is 9.53 Å². The van der Waals surface area contributed by atoms with Crippen molar-refractivity contribution in [3.63, 3.8) is 0 Å². The van der Waals surface area contributed by atoms with Gasteiger partial charge in [0.2, 0.25) is 0 Å². The molecule has 0 spiro atoms. The number of rotatable bonds is 34. The Morgan fingerprint density at radius 1 is 0.511 bits per heavy atom. The molecule has 45 heavy (non-hydrogen) atoms. The van der Waals surface area contributed by atoms with Crippen molar-refractivity contribution in [3.8, 4) is 0 Å². The molecule has 0 fully saturated rings. The van der Waals surface area contributed by atoms with Gasteiger partial charge in [0.15, 0.2) is 0 Å². The molecule has 1 N–H and O–H groups in total. The Hall–Kier alpha value is -1.81. The molecule has 4 nitrogen and oxygen atoms in total. The second-order valence-electron chi connectivity index (χ2n) is 12.7. The molecule has 0 aromatic rings. The summed E-state index contributed by atoms with van der Waals surface area (Å²) in [5.74, 6) is 0. The van der Waals surface area contributed by atoms with Crippen LogP contribution in [0.2, 0.25) is 0 Å². The van der Waals surface area contributed by atoms with Gasteiger partial charge in [0, 0.05) is 13.1 Å². The van der Waals surface area contributed by atoms with E-state index in [0.717, 1.165) is 51.7 Å². The lowest BCUT2D eigenvalue weighted by atomic mass is 10.1. The van der Waals surface area contributed by atoms with Crippen LogP contribution < -0.4 is 5.32 Å². The van der Waals surface area contributed by atoms with E-state index in [9.17, 15) is 4.79 Å². The van der Waals surface area contributed by atoms with E-state index >= 15 is 0 Å². The summed E-state index contributed by atoms with van der Waals surface area (Å²) >= 11 is 0. The number of hydrogen-bond acceptors (Lipinski definition) is 3. The number of carbonyl (C=O) groups excluding carboxylic acids is 1. The van der Waals surface area contributed by atoms with Crippen LogP contribution in [0.25, 0.3) is 0 Å². The van der Waals surface area contributed by atoms with Gasteiger partial charge in [-0.15, -0.1) is 0 Å². The van der Waals surface area contributed by atoms with Crippen LogP contribution in [-0.4, -0.2) is 44.3 Å². The number of nitrogens with zero attached hydrogens (tertiary/aromatic N) is 1. The van der Waals surface area contributed by atoms with E-state index in [1.807, 2.05) is 11.9 Å². The summed E-state index contributed by atoms with van der Waals surface area (Å²) in [6, 6.07) is 0. The first-order chi connectivity index (χ1) is 22.3. The summed E-state index contributed by atoms with van der Waals surface area (Å²) in [7, 11) is 1.94. The molecule has 0 aromatic heterocycles. The molecule has 262 valence electrons. The minimum atomic E-state index is -0.115. The topological polar surface area (TPSA) is 41.6 Å². The van der Waals surface area contributed by atoms with E-state index in [1.54, 1.807) is 0 Å². The van der Waals surface area contributed by atoms with Gasteiger partial charge < -0.3 is 15.0 Å². The van der Waals surface area contributed by atoms with E-state index in [2.05, 4.69) is 67.8 Å². The van der Waals surface area contributed by atoms with Crippen molar-refractivity contribution in [1.29, 1.82) is 0 Å². The number of nitrogens with one attached hydrogen (secondary N) is 1. The summed E-state index contributed by atoms with van der Waals surface area (Å²) in [5, 5.41) is 3.12. The molecule has 1 amide bonds. The van der Waals surface area contributed by atoms with Crippen molar-refractivity contribution in [1.82, 2.24) is 10.2 Å². The number of unbranched alkanes of at least 4 members (excludes halogenated alkanes) is 18. The monoisotopic (exact) mass is 629 g/mol. The van der Waals surface area contributed by atoms with Crippen molar-refractivity contribution in [2.75, 3.05) is 33.3 Å². The Morgan fingerprint density at radius 3 is 1.29 bits per heavy atom. The van der Waals surface area contributed by atoms with Crippen LogP contribution >= 0.6 is 0 Å². The van der Waals surface area contributed by atoms with Crippen LogP contribution in [-0.2, 0) is 4.74 Å². The van der Waals surface area contributed by atoms with Crippen LogP contribution in [0.3, 0.4) is 0 Å². The minimum absolute atomic E-state index is 0.115. The molecule has 0 saturated heterocycles. The maximum absolute atomic E-state index is 12.8. The molecule has 0 aromatic carbocycles. The largest absolute Gasteiger partial charge is 0.449 e. The van der Waals surface area contributed by atoms with E-state index < -0.39 is 0 Å². The summed E-state index contributed by atoms with van der Waals surface area (Å²) in [6.45, 7) is 7.57. The highest BCUT2D eigenvalue weighted by molar-refractivity contribution is 5.67. The second-order valence-corrected chi connectivity index (χ2v) is 12.7. The lowest BCUT2D eigenvalue weighted by Crippen LogP contribution is -2.34. The SMILES string of the molecule is CCCCC/C=C\C/C=C\CCCCCCCCN(CCCCCCCC/C=C\C/C=C\CCCCC)C(=O)OCCCNC. The van der Waals surface area contributed by atoms with Gasteiger partial charge in [-0.25, -0.2) is 4.79 Å². The Kier molecular flexibility index (Phi) is 36.8. The Labute approximate surface area is 281 Å². The molecule has 0 heterocycles. The van der Waals surface area contributed by atoms with Crippen molar-refractivity contribution in [2.24, 2.45) is 0 Å². The Balaban J connectivity index is 3.96. The number of allylic oxidation sites excluding steroid dienone is 8. The molecule has 0 unspecified atom stereocenters. The second kappa shape index (κ2) is 38.4. The molecule has 0 aliphatic rings. The van der Waals surface area contributed by atoms with Gasteiger partial charge in [-0.05, 0) is 97.1 Å². The number of amides is 1. The third-order valence-corrected chi connectivity index (χ3v) is 8.31. The lowest BCUT2D eigenvalue weighted by Gasteiger charge is -2.22. The van der Waals surface area contributed by atoms with Crippen LogP contribution in [0, 0.1) is 0 Å². The average Bonchev–Trinajstić information content (AvgIpc) is 3.05. The van der Waals surface area contributed by atoms with E-state index in [0.29, 0.717) is 6.61 Å². The first kappa shape index (κ1) is 43.2. The van der Waals surface area contributed by atoms with Gasteiger partial charge in [0.25, 0.3) is 0 Å². The highest BCUT2D eigenvalue weighted by Gasteiger charge is 2.14. The van der Waals surface area contributed by atoms with Crippen LogP contribution in [0.1, 0.15) is 174 Å². The van der Waals surface area contributed by atoms with Gasteiger partial charge in [-0.2, -0.15) is 0 Å². The Morgan fingerprint density at radius 2 is 0.889 bits per heavy atom. The number of ether oxygens (including phenoxy) is 1. The molecule has 4 heteroatoms. The van der Waals surface area contributed by atoms with Crippen molar-refractivity contribution in [3.05, 3.63) is 48.6 Å². The smallest absolute Gasteiger partial charge is 0.409 e. The van der Waals surface area contributed by atoms with Gasteiger partial charge in [0.1, 0.15) is 0 Å². The normalized spacial score (nSPS) is 12.1. The third kappa shape index (κ3) is 34.9.